The zero-order valence-electron chi connectivity index (χ0n) is 15.8. The molecule has 0 aliphatic carbocycles. The number of nitriles is 1. The maximum atomic E-state index is 13.4. The van der Waals surface area contributed by atoms with Crippen molar-refractivity contribution < 1.29 is 9.53 Å². The second-order valence-electron chi connectivity index (χ2n) is 7.07. The molecule has 0 saturated carbocycles. The number of methoxy groups -OCH3 is 1. The molecule has 1 aliphatic rings. The van der Waals surface area contributed by atoms with Crippen molar-refractivity contribution in [3.05, 3.63) is 63.0 Å². The van der Waals surface area contributed by atoms with E-state index in [-0.39, 0.29) is 11.7 Å². The molecule has 0 bridgehead atoms. The SMILES string of the molecule is COc1ccc(Cn2c(=O)n([C@@H]3CCN(C=O)C3)c3ccc(C#N)cc32)cc1Cl. The van der Waals surface area contributed by atoms with Crippen molar-refractivity contribution in [2.45, 2.75) is 19.0 Å². The van der Waals surface area contributed by atoms with Crippen molar-refractivity contribution in [1.29, 1.82) is 5.26 Å². The molecule has 7 nitrogen and oxygen atoms in total. The average molecular weight is 411 g/mol. The van der Waals surface area contributed by atoms with Gasteiger partial charge in [0.2, 0.25) is 6.41 Å². The maximum absolute atomic E-state index is 13.4. The molecule has 2 heterocycles. The van der Waals surface area contributed by atoms with Crippen LogP contribution in [0.3, 0.4) is 0 Å². The Morgan fingerprint density at radius 2 is 2.10 bits per heavy atom. The number of carbonyl (C=O) groups is 1. The van der Waals surface area contributed by atoms with E-state index in [2.05, 4.69) is 6.07 Å². The molecule has 8 heteroatoms. The average Bonchev–Trinajstić information content (AvgIpc) is 3.30. The molecule has 1 aliphatic heterocycles. The summed E-state index contributed by atoms with van der Waals surface area (Å²) in [5, 5.41) is 9.77. The van der Waals surface area contributed by atoms with Gasteiger partial charge in [-0.15, -0.1) is 0 Å². The van der Waals surface area contributed by atoms with Crippen molar-refractivity contribution in [3.63, 3.8) is 0 Å². The molecule has 1 saturated heterocycles. The van der Waals surface area contributed by atoms with Crippen LogP contribution >= 0.6 is 11.6 Å². The second-order valence-corrected chi connectivity index (χ2v) is 7.47. The molecule has 3 aromatic rings. The first-order chi connectivity index (χ1) is 14.0. The van der Waals surface area contributed by atoms with Gasteiger partial charge in [0.25, 0.3) is 0 Å². The Morgan fingerprint density at radius 3 is 2.76 bits per heavy atom. The Kier molecular flexibility index (Phi) is 5.03. The number of hydrogen-bond donors (Lipinski definition) is 0. The fourth-order valence-electron chi connectivity index (χ4n) is 3.92. The van der Waals surface area contributed by atoms with E-state index in [0.717, 1.165) is 17.5 Å². The summed E-state index contributed by atoms with van der Waals surface area (Å²) in [6.07, 6.45) is 1.53. The second kappa shape index (κ2) is 7.64. The summed E-state index contributed by atoms with van der Waals surface area (Å²) >= 11 is 6.24. The van der Waals surface area contributed by atoms with Gasteiger partial charge in [0.1, 0.15) is 5.75 Å². The summed E-state index contributed by atoms with van der Waals surface area (Å²) in [6.45, 7) is 1.43. The lowest BCUT2D eigenvalue weighted by Crippen LogP contribution is -2.29. The van der Waals surface area contributed by atoms with Crippen LogP contribution < -0.4 is 10.4 Å². The van der Waals surface area contributed by atoms with Crippen LogP contribution in [0.4, 0.5) is 0 Å². The molecule has 2 aromatic carbocycles. The van der Waals surface area contributed by atoms with E-state index >= 15 is 0 Å². The molecular formula is C21H19ClN4O3. The molecule has 29 heavy (non-hydrogen) atoms. The normalized spacial score (nSPS) is 16.2. The first-order valence-electron chi connectivity index (χ1n) is 9.22. The number of halogens is 1. The number of imidazole rings is 1. The number of carbonyl (C=O) groups excluding carboxylic acids is 1. The van der Waals surface area contributed by atoms with E-state index in [4.69, 9.17) is 16.3 Å². The summed E-state index contributed by atoms with van der Waals surface area (Å²) in [4.78, 5) is 26.2. The van der Waals surface area contributed by atoms with Crippen LogP contribution in [0.25, 0.3) is 11.0 Å². The lowest BCUT2D eigenvalue weighted by atomic mass is 10.2. The number of rotatable bonds is 5. The molecule has 1 aromatic heterocycles. The Bertz CT molecular complexity index is 1190. The number of hydrogen-bond acceptors (Lipinski definition) is 4. The molecule has 0 radical (unpaired) electrons. The predicted molar refractivity (Wildman–Crippen MR) is 109 cm³/mol. The summed E-state index contributed by atoms with van der Waals surface area (Å²) in [5.74, 6) is 0.567. The van der Waals surface area contributed by atoms with Crippen LogP contribution in [0.15, 0.2) is 41.2 Å². The number of ether oxygens (including phenoxy) is 1. The van der Waals surface area contributed by atoms with Crippen molar-refractivity contribution in [2.75, 3.05) is 20.2 Å². The molecule has 0 N–H and O–H groups in total. The highest BCUT2D eigenvalue weighted by atomic mass is 35.5. The topological polar surface area (TPSA) is 80.3 Å². The van der Waals surface area contributed by atoms with Crippen LogP contribution in [0.2, 0.25) is 5.02 Å². The van der Waals surface area contributed by atoms with Crippen LogP contribution in [0, 0.1) is 11.3 Å². The van der Waals surface area contributed by atoms with E-state index in [9.17, 15) is 14.9 Å². The highest BCUT2D eigenvalue weighted by Crippen LogP contribution is 2.28. The van der Waals surface area contributed by atoms with Gasteiger partial charge in [-0.2, -0.15) is 5.26 Å². The van der Waals surface area contributed by atoms with Gasteiger partial charge in [0.15, 0.2) is 0 Å². The first kappa shape index (κ1) is 19.1. The molecule has 0 unspecified atom stereocenters. The number of benzene rings is 2. The third kappa shape index (κ3) is 3.36. The summed E-state index contributed by atoms with van der Waals surface area (Å²) in [7, 11) is 1.55. The van der Waals surface area contributed by atoms with E-state index in [1.54, 1.807) is 51.5 Å². The van der Waals surface area contributed by atoms with E-state index in [1.165, 1.54) is 0 Å². The number of aromatic nitrogens is 2. The summed E-state index contributed by atoms with van der Waals surface area (Å²) < 4.78 is 8.58. The molecule has 148 valence electrons. The van der Waals surface area contributed by atoms with Gasteiger partial charge in [0.05, 0.1) is 47.4 Å². The molecule has 4 rings (SSSR count). The van der Waals surface area contributed by atoms with Crippen molar-refractivity contribution in [2.24, 2.45) is 0 Å². The number of amides is 1. The Balaban J connectivity index is 1.83. The molecule has 0 spiro atoms. The smallest absolute Gasteiger partial charge is 0.329 e. The zero-order chi connectivity index (χ0) is 20.5. The zero-order valence-corrected chi connectivity index (χ0v) is 16.6. The van der Waals surface area contributed by atoms with Gasteiger partial charge in [-0.1, -0.05) is 17.7 Å². The largest absolute Gasteiger partial charge is 0.495 e. The van der Waals surface area contributed by atoms with Gasteiger partial charge in [-0.25, -0.2) is 4.79 Å². The minimum absolute atomic E-state index is 0.0937. The highest BCUT2D eigenvalue weighted by molar-refractivity contribution is 6.32. The number of nitrogens with zero attached hydrogens (tertiary/aromatic N) is 4. The van der Waals surface area contributed by atoms with Crippen LogP contribution in [-0.2, 0) is 11.3 Å². The number of likely N-dealkylation sites (tertiary alicyclic amines) is 1. The standard InChI is InChI=1S/C21H19ClN4O3/c1-29-20-5-3-15(8-17(20)22)11-25-19-9-14(10-23)2-4-18(19)26(21(25)28)16-6-7-24(12-16)13-27/h2-5,8-9,13,16H,6-7,11-12H2,1H3/t16-/m1/s1. The van der Waals surface area contributed by atoms with Gasteiger partial charge >= 0.3 is 5.69 Å². The Hall–Kier alpha value is -3.24. The summed E-state index contributed by atoms with van der Waals surface area (Å²) in [5.41, 5.74) is 2.61. The third-order valence-electron chi connectivity index (χ3n) is 5.36. The minimum Gasteiger partial charge on any atom is -0.495 e. The predicted octanol–water partition coefficient (Wildman–Crippen LogP) is 2.79. The number of fused-ring (bicyclic) bond motifs is 1. The van der Waals surface area contributed by atoms with Crippen LogP contribution in [0.1, 0.15) is 23.6 Å². The van der Waals surface area contributed by atoms with Gasteiger partial charge in [0, 0.05) is 13.1 Å². The maximum Gasteiger partial charge on any atom is 0.329 e. The van der Waals surface area contributed by atoms with E-state index in [1.807, 2.05) is 6.07 Å². The van der Waals surface area contributed by atoms with Crippen LogP contribution in [-0.4, -0.2) is 40.6 Å². The molecule has 1 fully saturated rings. The monoisotopic (exact) mass is 410 g/mol. The molecule has 1 atom stereocenters. The minimum atomic E-state index is -0.167. The Morgan fingerprint density at radius 1 is 1.28 bits per heavy atom. The fourth-order valence-corrected chi connectivity index (χ4v) is 4.20. The fraction of sp³-hybridized carbons (Fsp3) is 0.286. The highest BCUT2D eigenvalue weighted by Gasteiger charge is 2.27. The first-order valence-corrected chi connectivity index (χ1v) is 9.60. The molecular weight excluding hydrogens is 392 g/mol. The van der Waals surface area contributed by atoms with Crippen LogP contribution in [0.5, 0.6) is 5.75 Å². The molecule has 1 amide bonds. The van der Waals surface area contributed by atoms with Gasteiger partial charge in [-0.3, -0.25) is 13.9 Å². The summed E-state index contributed by atoms with van der Waals surface area (Å²) in [6, 6.07) is 12.7. The van der Waals surface area contributed by atoms with E-state index in [0.29, 0.717) is 47.9 Å². The quantitative estimate of drug-likeness (QED) is 0.606. The lowest BCUT2D eigenvalue weighted by Gasteiger charge is -2.12. The van der Waals surface area contributed by atoms with Gasteiger partial charge in [-0.05, 0) is 42.3 Å². The van der Waals surface area contributed by atoms with Crippen molar-refractivity contribution >= 4 is 29.0 Å². The van der Waals surface area contributed by atoms with Crippen molar-refractivity contribution in [1.82, 2.24) is 14.0 Å². The third-order valence-corrected chi connectivity index (χ3v) is 5.65. The van der Waals surface area contributed by atoms with Crippen molar-refractivity contribution in [3.8, 4) is 11.8 Å². The van der Waals surface area contributed by atoms with Gasteiger partial charge < -0.3 is 9.64 Å². The Labute approximate surface area is 172 Å². The van der Waals surface area contributed by atoms with E-state index < -0.39 is 0 Å². The lowest BCUT2D eigenvalue weighted by molar-refractivity contribution is -0.117.